The molecule has 43 heavy (non-hydrogen) atoms. The van der Waals surface area contributed by atoms with E-state index in [0.29, 0.717) is 31.0 Å². The summed E-state index contributed by atoms with van der Waals surface area (Å²) in [5.74, 6) is 1.57. The molecule has 8 nitrogen and oxygen atoms in total. The topological polar surface area (TPSA) is 89.2 Å². The van der Waals surface area contributed by atoms with Crippen molar-refractivity contribution in [2.75, 3.05) is 26.8 Å². The summed E-state index contributed by atoms with van der Waals surface area (Å²) in [5.41, 5.74) is 7.20. The molecule has 0 aliphatic carbocycles. The van der Waals surface area contributed by atoms with Crippen LogP contribution in [0.5, 0.6) is 11.5 Å². The Balaban J connectivity index is 1.75. The average molecular weight is 579 g/mol. The predicted octanol–water partition coefficient (Wildman–Crippen LogP) is 6.43. The number of hydrogen-bond acceptors (Lipinski definition) is 6. The molecule has 0 atom stereocenters. The standard InChI is InChI=1S/C35H38N4O4/c1-5-20-43-29-18-14-27(15-19-29)34-30(21-33(41)38(6-2)7-3)35-36-31(25-10-8-24(23-40)9-11-25)22-32(39(35)37-34)26-12-16-28(42-4)17-13-26/h8-19,22,40H,5-7,20-21,23H2,1-4H3. The molecule has 1 amide bonds. The first kappa shape index (κ1) is 29.8. The number of amides is 1. The molecule has 2 heterocycles. The Labute approximate surface area is 252 Å². The molecule has 0 unspecified atom stereocenters. The van der Waals surface area contributed by atoms with Gasteiger partial charge in [-0.2, -0.15) is 5.10 Å². The van der Waals surface area contributed by atoms with Crippen molar-refractivity contribution < 1.29 is 19.4 Å². The Morgan fingerprint density at radius 3 is 2.09 bits per heavy atom. The normalized spacial score (nSPS) is 11.1. The molecular weight excluding hydrogens is 540 g/mol. The van der Waals surface area contributed by atoms with Gasteiger partial charge >= 0.3 is 0 Å². The van der Waals surface area contributed by atoms with Crippen LogP contribution in [0.3, 0.4) is 0 Å². The molecule has 0 bridgehead atoms. The first-order valence-electron chi connectivity index (χ1n) is 14.8. The fourth-order valence-corrected chi connectivity index (χ4v) is 5.12. The van der Waals surface area contributed by atoms with E-state index in [1.54, 1.807) is 7.11 Å². The minimum Gasteiger partial charge on any atom is -0.497 e. The molecular formula is C35H38N4O4. The molecule has 222 valence electrons. The van der Waals surface area contributed by atoms with Crippen molar-refractivity contribution >= 4 is 11.6 Å². The van der Waals surface area contributed by atoms with Crippen LogP contribution in [0.4, 0.5) is 0 Å². The summed E-state index contributed by atoms with van der Waals surface area (Å²) in [6.07, 6.45) is 1.09. The summed E-state index contributed by atoms with van der Waals surface area (Å²) < 4.78 is 13.1. The summed E-state index contributed by atoms with van der Waals surface area (Å²) in [5, 5.41) is 14.7. The highest BCUT2D eigenvalue weighted by Crippen LogP contribution is 2.34. The van der Waals surface area contributed by atoms with Gasteiger partial charge < -0.3 is 19.5 Å². The second-order valence-corrected chi connectivity index (χ2v) is 10.3. The van der Waals surface area contributed by atoms with Crippen LogP contribution in [-0.2, 0) is 17.8 Å². The van der Waals surface area contributed by atoms with Crippen LogP contribution in [0.25, 0.3) is 39.4 Å². The maximum atomic E-state index is 13.5. The number of methoxy groups -OCH3 is 1. The lowest BCUT2D eigenvalue weighted by atomic mass is 10.0. The van der Waals surface area contributed by atoms with Crippen molar-refractivity contribution in [2.24, 2.45) is 0 Å². The van der Waals surface area contributed by atoms with Crippen molar-refractivity contribution in [1.29, 1.82) is 0 Å². The maximum Gasteiger partial charge on any atom is 0.227 e. The SMILES string of the molecule is CCCOc1ccc(-c2nn3c(-c4ccc(OC)cc4)cc(-c4ccc(CO)cc4)nc3c2CC(=O)N(CC)CC)cc1. The van der Waals surface area contributed by atoms with E-state index < -0.39 is 0 Å². The van der Waals surface area contributed by atoms with E-state index in [9.17, 15) is 9.90 Å². The second-order valence-electron chi connectivity index (χ2n) is 10.3. The summed E-state index contributed by atoms with van der Waals surface area (Å²) >= 11 is 0. The van der Waals surface area contributed by atoms with Crippen LogP contribution in [-0.4, -0.2) is 57.3 Å². The lowest BCUT2D eigenvalue weighted by Gasteiger charge is -2.18. The molecule has 5 rings (SSSR count). The van der Waals surface area contributed by atoms with Crippen LogP contribution in [0.1, 0.15) is 38.3 Å². The third-order valence-electron chi connectivity index (χ3n) is 7.55. The monoisotopic (exact) mass is 578 g/mol. The van der Waals surface area contributed by atoms with Gasteiger partial charge in [-0.3, -0.25) is 4.79 Å². The van der Waals surface area contributed by atoms with Gasteiger partial charge in [-0.1, -0.05) is 31.2 Å². The molecule has 0 saturated carbocycles. The van der Waals surface area contributed by atoms with Crippen LogP contribution in [0.15, 0.2) is 78.9 Å². The zero-order valence-corrected chi connectivity index (χ0v) is 25.2. The number of hydrogen-bond donors (Lipinski definition) is 1. The van der Waals surface area contributed by atoms with Gasteiger partial charge in [0.1, 0.15) is 11.5 Å². The predicted molar refractivity (Wildman–Crippen MR) is 169 cm³/mol. The average Bonchev–Trinajstić information content (AvgIpc) is 3.42. The van der Waals surface area contributed by atoms with Gasteiger partial charge in [0.2, 0.25) is 5.91 Å². The summed E-state index contributed by atoms with van der Waals surface area (Å²) in [4.78, 5) is 20.5. The number of aliphatic hydroxyl groups excluding tert-OH is 1. The molecule has 0 aliphatic rings. The third kappa shape index (κ3) is 6.39. The largest absolute Gasteiger partial charge is 0.497 e. The maximum absolute atomic E-state index is 13.5. The minimum absolute atomic E-state index is 0.0227. The summed E-state index contributed by atoms with van der Waals surface area (Å²) in [7, 11) is 1.64. The summed E-state index contributed by atoms with van der Waals surface area (Å²) in [6, 6.07) is 25.4. The van der Waals surface area contributed by atoms with Crippen molar-refractivity contribution in [3.63, 3.8) is 0 Å². The number of fused-ring (bicyclic) bond motifs is 1. The highest BCUT2D eigenvalue weighted by atomic mass is 16.5. The van der Waals surface area contributed by atoms with E-state index in [1.807, 2.05) is 102 Å². The molecule has 0 spiro atoms. The Morgan fingerprint density at radius 2 is 1.49 bits per heavy atom. The van der Waals surface area contributed by atoms with Crippen LogP contribution < -0.4 is 9.47 Å². The van der Waals surface area contributed by atoms with Gasteiger partial charge in [-0.05, 0) is 80.4 Å². The Hall–Kier alpha value is -4.69. The van der Waals surface area contributed by atoms with Crippen molar-refractivity contribution in [3.05, 3.63) is 90.0 Å². The summed E-state index contributed by atoms with van der Waals surface area (Å²) in [6.45, 7) is 7.92. The van der Waals surface area contributed by atoms with Crippen molar-refractivity contribution in [3.8, 4) is 45.3 Å². The van der Waals surface area contributed by atoms with Crippen LogP contribution >= 0.6 is 0 Å². The van der Waals surface area contributed by atoms with E-state index in [0.717, 1.165) is 57.1 Å². The Kier molecular flexibility index (Phi) is 9.37. The minimum atomic E-state index is -0.0320. The first-order valence-corrected chi connectivity index (χ1v) is 14.8. The number of benzene rings is 3. The van der Waals surface area contributed by atoms with E-state index >= 15 is 0 Å². The number of carbonyl (C=O) groups excluding carboxylic acids is 1. The number of rotatable bonds is 12. The lowest BCUT2D eigenvalue weighted by molar-refractivity contribution is -0.130. The zero-order valence-electron chi connectivity index (χ0n) is 25.2. The smallest absolute Gasteiger partial charge is 0.227 e. The van der Waals surface area contributed by atoms with Crippen LogP contribution in [0.2, 0.25) is 0 Å². The number of aromatic nitrogens is 3. The van der Waals surface area contributed by atoms with Gasteiger partial charge in [0.05, 0.1) is 43.8 Å². The number of nitrogens with zero attached hydrogens (tertiary/aromatic N) is 4. The highest BCUT2D eigenvalue weighted by Gasteiger charge is 2.24. The van der Waals surface area contributed by atoms with Gasteiger partial charge in [-0.15, -0.1) is 0 Å². The highest BCUT2D eigenvalue weighted by molar-refractivity contribution is 5.86. The van der Waals surface area contributed by atoms with Gasteiger partial charge in [0, 0.05) is 35.3 Å². The van der Waals surface area contributed by atoms with Gasteiger partial charge in [-0.25, -0.2) is 9.50 Å². The fraction of sp³-hybridized carbons (Fsp3) is 0.286. The number of aliphatic hydroxyl groups is 1. The molecule has 1 N–H and O–H groups in total. The lowest BCUT2D eigenvalue weighted by Crippen LogP contribution is -2.31. The van der Waals surface area contributed by atoms with E-state index in [1.165, 1.54) is 0 Å². The Bertz CT molecular complexity index is 1670. The zero-order chi connectivity index (χ0) is 30.3. The quantitative estimate of drug-likeness (QED) is 0.184. The second kappa shape index (κ2) is 13.5. The molecule has 2 aromatic heterocycles. The van der Waals surface area contributed by atoms with Crippen LogP contribution in [0, 0.1) is 0 Å². The fourth-order valence-electron chi connectivity index (χ4n) is 5.12. The number of carbonyl (C=O) groups is 1. The number of likely N-dealkylation sites (N-methyl/N-ethyl adjacent to an activating group) is 1. The van der Waals surface area contributed by atoms with E-state index in [4.69, 9.17) is 19.6 Å². The molecule has 5 aromatic rings. The molecule has 8 heteroatoms. The van der Waals surface area contributed by atoms with Crippen molar-refractivity contribution in [2.45, 2.75) is 40.2 Å². The first-order chi connectivity index (χ1) is 21.0. The molecule has 0 saturated heterocycles. The van der Waals surface area contributed by atoms with Gasteiger partial charge in [0.25, 0.3) is 0 Å². The molecule has 0 radical (unpaired) electrons. The molecule has 3 aromatic carbocycles. The van der Waals surface area contributed by atoms with Crippen molar-refractivity contribution in [1.82, 2.24) is 19.5 Å². The Morgan fingerprint density at radius 1 is 0.860 bits per heavy atom. The van der Waals surface area contributed by atoms with Gasteiger partial charge in [0.15, 0.2) is 5.65 Å². The molecule has 0 aliphatic heterocycles. The van der Waals surface area contributed by atoms with E-state index in [2.05, 4.69) is 6.92 Å². The number of ether oxygens (including phenoxy) is 2. The molecule has 0 fully saturated rings. The third-order valence-corrected chi connectivity index (χ3v) is 7.55. The van der Waals surface area contributed by atoms with E-state index in [-0.39, 0.29) is 18.9 Å².